The molecule has 10 aromatic carbocycles. The monoisotopic (exact) mass is 658 g/mol. The molecule has 0 N–H and O–H groups in total. The lowest BCUT2D eigenvalue weighted by atomic mass is 9.84. The lowest BCUT2D eigenvalue weighted by molar-refractivity contribution is 1.60. The number of benzene rings is 10. The fourth-order valence-corrected chi connectivity index (χ4v) is 8.22. The van der Waals surface area contributed by atoms with Crippen molar-refractivity contribution in [2.24, 2.45) is 0 Å². The van der Waals surface area contributed by atoms with E-state index in [0.29, 0.717) is 0 Å². The summed E-state index contributed by atoms with van der Waals surface area (Å²) < 4.78 is 0. The minimum absolute atomic E-state index is 1.22. The predicted octanol–water partition coefficient (Wildman–Crippen LogP) is 14.6. The van der Waals surface area contributed by atoms with Crippen LogP contribution in [0.25, 0.3) is 98.7 Å². The van der Waals surface area contributed by atoms with Crippen LogP contribution in [0.3, 0.4) is 0 Å². The number of hydrogen-bond acceptors (Lipinski definition) is 0. The molecule has 0 radical (unpaired) electrons. The summed E-state index contributed by atoms with van der Waals surface area (Å²) in [4.78, 5) is 0. The maximum absolute atomic E-state index is 2.40. The Kier molecular flexibility index (Phi) is 7.25. The van der Waals surface area contributed by atoms with Gasteiger partial charge in [0, 0.05) is 0 Å². The number of fused-ring (bicyclic) bond motifs is 4. The van der Waals surface area contributed by atoms with Crippen LogP contribution in [0.2, 0.25) is 0 Å². The zero-order chi connectivity index (χ0) is 34.4. The van der Waals surface area contributed by atoms with Gasteiger partial charge in [-0.15, -0.1) is 0 Å². The molecule has 52 heavy (non-hydrogen) atoms. The zero-order valence-electron chi connectivity index (χ0n) is 28.6. The van der Waals surface area contributed by atoms with Gasteiger partial charge in [0.15, 0.2) is 0 Å². The third-order valence-electron chi connectivity index (χ3n) is 10.6. The first-order chi connectivity index (χ1) is 25.8. The summed E-state index contributed by atoms with van der Waals surface area (Å²) in [7, 11) is 0. The predicted molar refractivity (Wildman–Crippen MR) is 224 cm³/mol. The second-order valence-electron chi connectivity index (χ2n) is 13.6. The summed E-state index contributed by atoms with van der Waals surface area (Å²) in [6.07, 6.45) is 0. The molecule has 0 heterocycles. The summed E-state index contributed by atoms with van der Waals surface area (Å²) in [5, 5.41) is 10.1. The molecule has 0 heteroatoms. The first kappa shape index (κ1) is 30.1. The van der Waals surface area contributed by atoms with Gasteiger partial charge >= 0.3 is 0 Å². The van der Waals surface area contributed by atoms with Gasteiger partial charge in [0.25, 0.3) is 0 Å². The highest BCUT2D eigenvalue weighted by Crippen LogP contribution is 2.46. The quantitative estimate of drug-likeness (QED) is 0.161. The van der Waals surface area contributed by atoms with Crippen molar-refractivity contribution in [3.63, 3.8) is 0 Å². The Labute approximate surface area is 303 Å². The van der Waals surface area contributed by atoms with Gasteiger partial charge in [-0.25, -0.2) is 0 Å². The van der Waals surface area contributed by atoms with E-state index in [2.05, 4.69) is 206 Å². The average molecular weight is 659 g/mol. The summed E-state index contributed by atoms with van der Waals surface area (Å²) in [5.41, 5.74) is 12.4. The van der Waals surface area contributed by atoms with Gasteiger partial charge in [-0.3, -0.25) is 0 Å². The van der Waals surface area contributed by atoms with E-state index in [4.69, 9.17) is 0 Å². The number of rotatable bonds is 5. The van der Waals surface area contributed by atoms with Crippen LogP contribution in [-0.4, -0.2) is 0 Å². The molecule has 10 aromatic rings. The van der Waals surface area contributed by atoms with Crippen molar-refractivity contribution in [1.29, 1.82) is 0 Å². The van der Waals surface area contributed by atoms with Crippen LogP contribution in [0.5, 0.6) is 0 Å². The Morgan fingerprint density at radius 1 is 0.192 bits per heavy atom. The Bertz CT molecular complexity index is 2880. The Hall–Kier alpha value is -6.76. The van der Waals surface area contributed by atoms with Crippen molar-refractivity contribution in [1.82, 2.24) is 0 Å². The fourth-order valence-electron chi connectivity index (χ4n) is 8.22. The topological polar surface area (TPSA) is 0 Å². The van der Waals surface area contributed by atoms with E-state index in [1.807, 2.05) is 0 Å². The van der Waals surface area contributed by atoms with Gasteiger partial charge < -0.3 is 0 Å². The van der Waals surface area contributed by atoms with E-state index in [1.165, 1.54) is 98.7 Å². The van der Waals surface area contributed by atoms with Gasteiger partial charge in [0.1, 0.15) is 0 Å². The van der Waals surface area contributed by atoms with Crippen LogP contribution in [0, 0.1) is 0 Å². The van der Waals surface area contributed by atoms with Crippen molar-refractivity contribution >= 4 is 43.1 Å². The highest BCUT2D eigenvalue weighted by Gasteiger charge is 2.18. The Morgan fingerprint density at radius 3 is 1.33 bits per heavy atom. The van der Waals surface area contributed by atoms with Gasteiger partial charge in [-0.05, 0) is 111 Å². The SMILES string of the molecule is c1ccc(-c2ccc3ccccc3c2-c2cccc(-c3c4ccccc4c(-c4ccc(-c5ccc6ccccc6c5)cc4)c4ccccc34)c2)cc1. The molecular formula is C52H34. The summed E-state index contributed by atoms with van der Waals surface area (Å²) in [5.74, 6) is 0. The first-order valence-electron chi connectivity index (χ1n) is 18.0. The second kappa shape index (κ2) is 12.5. The Balaban J connectivity index is 1.16. The third-order valence-corrected chi connectivity index (χ3v) is 10.6. The lowest BCUT2D eigenvalue weighted by Gasteiger charge is -2.19. The van der Waals surface area contributed by atoms with Gasteiger partial charge in [-0.1, -0.05) is 194 Å². The molecule has 0 unspecified atom stereocenters. The highest BCUT2D eigenvalue weighted by molar-refractivity contribution is 6.21. The molecule has 0 amide bonds. The zero-order valence-corrected chi connectivity index (χ0v) is 28.6. The molecule has 0 fully saturated rings. The molecule has 0 aliphatic rings. The van der Waals surface area contributed by atoms with E-state index in [9.17, 15) is 0 Å². The minimum atomic E-state index is 1.22. The number of hydrogen-bond donors (Lipinski definition) is 0. The highest BCUT2D eigenvalue weighted by atomic mass is 14.2. The van der Waals surface area contributed by atoms with Crippen molar-refractivity contribution in [3.05, 3.63) is 206 Å². The van der Waals surface area contributed by atoms with Crippen LogP contribution in [0.15, 0.2) is 206 Å². The molecule has 0 saturated carbocycles. The van der Waals surface area contributed by atoms with Crippen molar-refractivity contribution in [2.45, 2.75) is 0 Å². The molecule has 0 aliphatic carbocycles. The van der Waals surface area contributed by atoms with Crippen LogP contribution in [0.1, 0.15) is 0 Å². The van der Waals surface area contributed by atoms with Crippen molar-refractivity contribution in [3.8, 4) is 55.6 Å². The minimum Gasteiger partial charge on any atom is -0.0622 e. The molecule has 0 nitrogen and oxygen atoms in total. The molecular weight excluding hydrogens is 625 g/mol. The molecule has 10 rings (SSSR count). The molecule has 0 aliphatic heterocycles. The Morgan fingerprint density at radius 2 is 0.654 bits per heavy atom. The molecule has 0 atom stereocenters. The average Bonchev–Trinajstić information content (AvgIpc) is 3.22. The molecule has 0 bridgehead atoms. The molecule has 0 saturated heterocycles. The van der Waals surface area contributed by atoms with Gasteiger partial charge in [0.2, 0.25) is 0 Å². The van der Waals surface area contributed by atoms with E-state index in [-0.39, 0.29) is 0 Å². The summed E-state index contributed by atoms with van der Waals surface area (Å²) >= 11 is 0. The van der Waals surface area contributed by atoms with E-state index < -0.39 is 0 Å². The van der Waals surface area contributed by atoms with E-state index >= 15 is 0 Å². The van der Waals surface area contributed by atoms with Crippen LogP contribution in [-0.2, 0) is 0 Å². The van der Waals surface area contributed by atoms with Gasteiger partial charge in [-0.2, -0.15) is 0 Å². The standard InChI is InChI=1S/C52H34/c1-2-14-37(15-3-1)45-32-31-38-16-6-7-20-44(38)51(45)42-18-12-19-43(34-42)52-48-23-10-8-21-46(48)50(47-22-9-11-24-49(47)52)39-28-25-36(26-29-39)41-30-27-35-13-4-5-17-40(35)33-41/h1-34H. The molecule has 0 aromatic heterocycles. The maximum Gasteiger partial charge on any atom is -0.00262 e. The van der Waals surface area contributed by atoms with Crippen LogP contribution in [0.4, 0.5) is 0 Å². The largest absolute Gasteiger partial charge is 0.0622 e. The van der Waals surface area contributed by atoms with Gasteiger partial charge in [0.05, 0.1) is 0 Å². The molecule has 242 valence electrons. The van der Waals surface area contributed by atoms with E-state index in [1.54, 1.807) is 0 Å². The van der Waals surface area contributed by atoms with E-state index in [0.717, 1.165) is 0 Å². The third kappa shape index (κ3) is 5.08. The first-order valence-corrected chi connectivity index (χ1v) is 18.0. The summed E-state index contributed by atoms with van der Waals surface area (Å²) in [6.45, 7) is 0. The van der Waals surface area contributed by atoms with Crippen molar-refractivity contribution in [2.75, 3.05) is 0 Å². The fraction of sp³-hybridized carbons (Fsp3) is 0. The molecule has 0 spiro atoms. The summed E-state index contributed by atoms with van der Waals surface area (Å²) in [6, 6.07) is 75.5. The van der Waals surface area contributed by atoms with Crippen LogP contribution >= 0.6 is 0 Å². The second-order valence-corrected chi connectivity index (χ2v) is 13.6. The smallest absolute Gasteiger partial charge is 0.00262 e. The maximum atomic E-state index is 2.40. The van der Waals surface area contributed by atoms with Crippen molar-refractivity contribution < 1.29 is 0 Å². The lowest BCUT2D eigenvalue weighted by Crippen LogP contribution is -1.92. The normalized spacial score (nSPS) is 11.5. The van der Waals surface area contributed by atoms with Crippen LogP contribution < -0.4 is 0 Å².